The maximum Gasteiger partial charge on any atom is 0.322 e. The summed E-state index contributed by atoms with van der Waals surface area (Å²) < 4.78 is 1.72. The van der Waals surface area contributed by atoms with Crippen molar-refractivity contribution in [2.24, 2.45) is 0 Å². The number of hydrogen-bond acceptors (Lipinski definition) is 2. The zero-order valence-electron chi connectivity index (χ0n) is 10.5. The van der Waals surface area contributed by atoms with Crippen molar-refractivity contribution in [2.45, 2.75) is 5.54 Å². The summed E-state index contributed by atoms with van der Waals surface area (Å²) in [4.78, 5) is 24.3. The summed E-state index contributed by atoms with van der Waals surface area (Å²) in [5, 5.41) is 5.16. The van der Waals surface area contributed by atoms with Crippen molar-refractivity contribution < 1.29 is 9.59 Å². The van der Waals surface area contributed by atoms with Crippen LogP contribution in [0, 0.1) is 0 Å². The number of hydrogen-bond donors (Lipinski definition) is 2. The van der Waals surface area contributed by atoms with E-state index >= 15 is 0 Å². The minimum absolute atomic E-state index is 0.344. The van der Waals surface area contributed by atoms with Crippen molar-refractivity contribution in [3.63, 3.8) is 0 Å². The van der Waals surface area contributed by atoms with Gasteiger partial charge in [-0.05, 0) is 35.4 Å². The largest absolute Gasteiger partial charge is 0.322 e. The Kier molecular flexibility index (Phi) is 2.59. The fraction of sp³-hybridized carbons (Fsp3) is 0.0667. The van der Waals surface area contributed by atoms with Gasteiger partial charge in [0, 0.05) is 20.1 Å². The van der Waals surface area contributed by atoms with Gasteiger partial charge in [0.2, 0.25) is 0 Å². The molecule has 0 unspecified atom stereocenters. The average Bonchev–Trinajstić information content (AvgIpc) is 2.87. The molecule has 1 spiro atoms. The second-order valence-electron chi connectivity index (χ2n) is 5.04. The first-order valence-electron chi connectivity index (χ1n) is 6.26. The Labute approximate surface area is 137 Å². The normalized spacial score (nSPS) is 17.4. The lowest BCUT2D eigenvalue weighted by molar-refractivity contribution is -0.122. The SMILES string of the molecule is O=C1NC(=O)C2(N1)c1cc(Br)ccc1-c1ccc(Br)cc12. The average molecular weight is 408 g/mol. The first-order valence-corrected chi connectivity index (χ1v) is 7.85. The van der Waals surface area contributed by atoms with Crippen LogP contribution in [0.1, 0.15) is 11.1 Å². The molecule has 1 fully saturated rings. The van der Waals surface area contributed by atoms with Crippen molar-refractivity contribution in [1.82, 2.24) is 10.6 Å². The van der Waals surface area contributed by atoms with E-state index in [1.807, 2.05) is 36.4 Å². The summed E-state index contributed by atoms with van der Waals surface area (Å²) in [5.74, 6) is -0.344. The maximum absolute atomic E-state index is 12.5. The summed E-state index contributed by atoms with van der Waals surface area (Å²) in [6, 6.07) is 11.1. The Morgan fingerprint density at radius 1 is 0.857 bits per heavy atom. The molecule has 2 aromatic carbocycles. The summed E-state index contributed by atoms with van der Waals surface area (Å²) >= 11 is 6.87. The number of imide groups is 1. The molecule has 2 aromatic rings. The third kappa shape index (κ3) is 1.60. The minimum atomic E-state index is -1.14. The van der Waals surface area contributed by atoms with E-state index in [9.17, 15) is 9.59 Å². The van der Waals surface area contributed by atoms with E-state index in [4.69, 9.17) is 0 Å². The van der Waals surface area contributed by atoms with Gasteiger partial charge in [0.15, 0.2) is 5.54 Å². The summed E-state index contributed by atoms with van der Waals surface area (Å²) in [7, 11) is 0. The van der Waals surface area contributed by atoms with E-state index in [1.165, 1.54) is 0 Å². The highest BCUT2D eigenvalue weighted by Gasteiger charge is 2.54. The second-order valence-corrected chi connectivity index (χ2v) is 6.87. The molecule has 3 amide bonds. The predicted molar refractivity (Wildman–Crippen MR) is 84.7 cm³/mol. The van der Waals surface area contributed by atoms with E-state index in [0.717, 1.165) is 31.2 Å². The number of amides is 3. The minimum Gasteiger partial charge on any atom is -0.316 e. The van der Waals surface area contributed by atoms with Crippen molar-refractivity contribution >= 4 is 43.8 Å². The first kappa shape index (κ1) is 13.0. The highest BCUT2D eigenvalue weighted by molar-refractivity contribution is 9.10. The third-order valence-corrected chi connectivity index (χ3v) is 4.92. The van der Waals surface area contributed by atoms with Crippen molar-refractivity contribution in [2.75, 3.05) is 0 Å². The van der Waals surface area contributed by atoms with Gasteiger partial charge in [-0.15, -0.1) is 0 Å². The Hall–Kier alpha value is -1.66. The Morgan fingerprint density at radius 2 is 1.38 bits per heavy atom. The number of benzene rings is 2. The van der Waals surface area contributed by atoms with Gasteiger partial charge in [-0.1, -0.05) is 44.0 Å². The lowest BCUT2D eigenvalue weighted by atomic mass is 9.88. The molecule has 2 aliphatic rings. The smallest absolute Gasteiger partial charge is 0.316 e. The molecule has 1 aliphatic carbocycles. The standard InChI is InChI=1S/C15H8Br2N2O2/c16-7-1-3-9-10-4-2-8(17)6-12(10)15(11(9)5-7)13(20)18-14(21)19-15/h1-6H,(H2,18,19,20,21). The third-order valence-electron chi connectivity index (χ3n) is 3.93. The number of nitrogens with one attached hydrogen (secondary N) is 2. The highest BCUT2D eigenvalue weighted by Crippen LogP contribution is 2.50. The Bertz CT molecular complexity index is 781. The van der Waals surface area contributed by atoms with Crippen molar-refractivity contribution in [1.29, 1.82) is 0 Å². The lowest BCUT2D eigenvalue weighted by Crippen LogP contribution is -2.43. The maximum atomic E-state index is 12.5. The monoisotopic (exact) mass is 406 g/mol. The molecule has 0 aromatic heterocycles. The second kappa shape index (κ2) is 4.18. The molecular weight excluding hydrogens is 400 g/mol. The van der Waals surface area contributed by atoms with Gasteiger partial charge < -0.3 is 5.32 Å². The van der Waals surface area contributed by atoms with Crippen LogP contribution in [0.3, 0.4) is 0 Å². The number of halogens is 2. The molecule has 1 heterocycles. The fourth-order valence-electron chi connectivity index (χ4n) is 3.10. The predicted octanol–water partition coefficient (Wildman–Crippen LogP) is 3.28. The van der Waals surface area contributed by atoms with Crippen LogP contribution >= 0.6 is 31.9 Å². The number of rotatable bonds is 0. The molecule has 104 valence electrons. The molecule has 0 bridgehead atoms. The molecule has 0 saturated carbocycles. The molecule has 0 radical (unpaired) electrons. The summed E-state index contributed by atoms with van der Waals surface area (Å²) in [6.45, 7) is 0. The molecule has 21 heavy (non-hydrogen) atoms. The van der Waals surface area contributed by atoms with Gasteiger partial charge >= 0.3 is 6.03 Å². The van der Waals surface area contributed by atoms with Crippen LogP contribution in [0.25, 0.3) is 11.1 Å². The zero-order chi connectivity index (χ0) is 14.8. The molecule has 1 saturated heterocycles. The molecule has 0 atom stereocenters. The zero-order valence-corrected chi connectivity index (χ0v) is 13.7. The van der Waals surface area contributed by atoms with Gasteiger partial charge in [0.25, 0.3) is 5.91 Å². The van der Waals surface area contributed by atoms with E-state index < -0.39 is 11.6 Å². The van der Waals surface area contributed by atoms with E-state index in [2.05, 4.69) is 42.5 Å². The van der Waals surface area contributed by atoms with Gasteiger partial charge in [-0.3, -0.25) is 10.1 Å². The van der Waals surface area contributed by atoms with Crippen LogP contribution < -0.4 is 10.6 Å². The van der Waals surface area contributed by atoms with Crippen LogP contribution in [0.15, 0.2) is 45.3 Å². The van der Waals surface area contributed by atoms with Crippen LogP contribution in [0.2, 0.25) is 0 Å². The van der Waals surface area contributed by atoms with Gasteiger partial charge in [0.1, 0.15) is 0 Å². The molecule has 1 aliphatic heterocycles. The number of carbonyl (C=O) groups excluding carboxylic acids is 2. The van der Waals surface area contributed by atoms with E-state index in [0.29, 0.717) is 0 Å². The fourth-order valence-corrected chi connectivity index (χ4v) is 3.82. The van der Waals surface area contributed by atoms with E-state index in [1.54, 1.807) is 0 Å². The molecule has 4 rings (SSSR count). The molecule has 4 nitrogen and oxygen atoms in total. The lowest BCUT2D eigenvalue weighted by Gasteiger charge is -2.23. The molecule has 2 N–H and O–H groups in total. The molecular formula is C15H8Br2N2O2. The van der Waals surface area contributed by atoms with Gasteiger partial charge in [0.05, 0.1) is 0 Å². The quantitative estimate of drug-likeness (QED) is 0.658. The summed E-state index contributed by atoms with van der Waals surface area (Å²) in [6.07, 6.45) is 0. The number of carbonyl (C=O) groups is 2. The van der Waals surface area contributed by atoms with Crippen LogP contribution in [-0.4, -0.2) is 11.9 Å². The highest BCUT2D eigenvalue weighted by atomic mass is 79.9. The van der Waals surface area contributed by atoms with Crippen LogP contribution in [0.4, 0.5) is 4.79 Å². The Morgan fingerprint density at radius 3 is 1.81 bits per heavy atom. The van der Waals surface area contributed by atoms with Crippen molar-refractivity contribution in [3.8, 4) is 11.1 Å². The van der Waals surface area contributed by atoms with Crippen LogP contribution in [0.5, 0.6) is 0 Å². The van der Waals surface area contributed by atoms with E-state index in [-0.39, 0.29) is 5.91 Å². The van der Waals surface area contributed by atoms with Crippen LogP contribution in [-0.2, 0) is 10.3 Å². The number of urea groups is 1. The van der Waals surface area contributed by atoms with Gasteiger partial charge in [-0.25, -0.2) is 4.79 Å². The Balaban J connectivity index is 2.12. The summed E-state index contributed by atoms with van der Waals surface area (Å²) in [5.41, 5.74) is 2.34. The van der Waals surface area contributed by atoms with Crippen molar-refractivity contribution in [3.05, 3.63) is 56.5 Å². The first-order chi connectivity index (χ1) is 10.0. The molecule has 6 heteroatoms. The van der Waals surface area contributed by atoms with Gasteiger partial charge in [-0.2, -0.15) is 0 Å². The topological polar surface area (TPSA) is 58.2 Å². The number of fused-ring (bicyclic) bond motifs is 5.